The van der Waals surface area contributed by atoms with Gasteiger partial charge < -0.3 is 5.32 Å². The molecule has 0 aliphatic carbocycles. The van der Waals surface area contributed by atoms with Crippen LogP contribution in [0.15, 0.2) is 24.3 Å². The molecule has 0 radical (unpaired) electrons. The minimum atomic E-state index is -4.52. The highest BCUT2D eigenvalue weighted by molar-refractivity contribution is 5.49. The minimum absolute atomic E-state index is 0.0413. The second-order valence-electron chi connectivity index (χ2n) is 4.24. The molecule has 0 aliphatic rings. The van der Waals surface area contributed by atoms with Crippen LogP contribution >= 0.6 is 0 Å². The lowest BCUT2D eigenvalue weighted by Gasteiger charge is -2.11. The molecule has 0 bridgehead atoms. The number of anilines is 1. The molecule has 1 N–H and O–H groups in total. The summed E-state index contributed by atoms with van der Waals surface area (Å²) in [6.07, 6.45) is -3.73. The van der Waals surface area contributed by atoms with Crippen molar-refractivity contribution >= 4 is 5.82 Å². The second kappa shape index (κ2) is 5.83. The first-order chi connectivity index (χ1) is 9.97. The molecule has 2 aromatic rings. The molecule has 8 heteroatoms. The molecule has 0 unspecified atom stereocenters. The van der Waals surface area contributed by atoms with Crippen molar-refractivity contribution in [2.45, 2.75) is 19.5 Å². The van der Waals surface area contributed by atoms with Crippen LogP contribution in [0.1, 0.15) is 24.6 Å². The molecule has 110 valence electrons. The summed E-state index contributed by atoms with van der Waals surface area (Å²) in [6, 6.07) is 6.77. The van der Waals surface area contributed by atoms with Crippen LogP contribution in [0.3, 0.4) is 0 Å². The minimum Gasteiger partial charge on any atom is -0.366 e. The molecular formula is C13H12F3N5. The number of alkyl halides is 3. The fourth-order valence-corrected chi connectivity index (χ4v) is 1.74. The van der Waals surface area contributed by atoms with Crippen molar-refractivity contribution < 1.29 is 13.2 Å². The molecule has 1 aromatic heterocycles. The van der Waals surface area contributed by atoms with Crippen molar-refractivity contribution in [2.24, 2.45) is 0 Å². The maximum atomic E-state index is 13.0. The quantitative estimate of drug-likeness (QED) is 0.941. The average molecular weight is 295 g/mol. The van der Waals surface area contributed by atoms with Crippen LogP contribution in [0.25, 0.3) is 5.69 Å². The van der Waals surface area contributed by atoms with E-state index in [1.165, 1.54) is 18.2 Å². The van der Waals surface area contributed by atoms with Crippen LogP contribution in [0, 0.1) is 11.3 Å². The molecule has 0 atom stereocenters. The zero-order valence-corrected chi connectivity index (χ0v) is 11.1. The van der Waals surface area contributed by atoms with Crippen molar-refractivity contribution in [3.8, 4) is 11.8 Å². The van der Waals surface area contributed by atoms with E-state index in [1.54, 1.807) is 0 Å². The first-order valence-corrected chi connectivity index (χ1v) is 6.25. The summed E-state index contributed by atoms with van der Waals surface area (Å²) in [5.41, 5.74) is -1.11. The molecule has 5 nitrogen and oxygen atoms in total. The third kappa shape index (κ3) is 3.13. The van der Waals surface area contributed by atoms with Gasteiger partial charge in [-0.15, -0.1) is 15.0 Å². The Morgan fingerprint density at radius 3 is 2.62 bits per heavy atom. The van der Waals surface area contributed by atoms with Gasteiger partial charge >= 0.3 is 6.18 Å². The van der Waals surface area contributed by atoms with E-state index in [1.807, 2.05) is 13.0 Å². The number of rotatable bonds is 4. The monoisotopic (exact) mass is 295 g/mol. The summed E-state index contributed by atoms with van der Waals surface area (Å²) < 4.78 is 38.9. The van der Waals surface area contributed by atoms with Crippen LogP contribution in [-0.2, 0) is 6.18 Å². The molecule has 0 amide bonds. The Morgan fingerprint density at radius 1 is 1.29 bits per heavy atom. The average Bonchev–Trinajstić information content (AvgIpc) is 2.87. The van der Waals surface area contributed by atoms with E-state index < -0.39 is 11.7 Å². The molecule has 2 rings (SSSR count). The Bertz CT molecular complexity index is 669. The number of para-hydroxylation sites is 1. The smallest absolute Gasteiger partial charge is 0.366 e. The van der Waals surface area contributed by atoms with Gasteiger partial charge in [-0.05, 0) is 18.6 Å². The van der Waals surface area contributed by atoms with E-state index in [-0.39, 0.29) is 17.2 Å². The summed E-state index contributed by atoms with van der Waals surface area (Å²) in [4.78, 5) is 0.833. The van der Waals surface area contributed by atoms with Crippen molar-refractivity contribution in [2.75, 3.05) is 11.9 Å². The SMILES string of the molecule is CCCNc1nn(-c2ccccc2C(F)(F)F)nc1C#N. The largest absolute Gasteiger partial charge is 0.418 e. The summed E-state index contributed by atoms with van der Waals surface area (Å²) in [5, 5.41) is 19.6. The Kier molecular flexibility index (Phi) is 4.12. The Balaban J connectivity index is 2.49. The first kappa shape index (κ1) is 14.8. The Hall–Kier alpha value is -2.56. The lowest BCUT2D eigenvalue weighted by molar-refractivity contribution is -0.137. The number of halogens is 3. The van der Waals surface area contributed by atoms with Crippen LogP contribution in [0.2, 0.25) is 0 Å². The topological polar surface area (TPSA) is 66.5 Å². The fourth-order valence-electron chi connectivity index (χ4n) is 1.74. The van der Waals surface area contributed by atoms with E-state index in [4.69, 9.17) is 5.26 Å². The molecule has 0 saturated carbocycles. The zero-order chi connectivity index (χ0) is 15.5. The summed E-state index contributed by atoms with van der Waals surface area (Å²) in [7, 11) is 0. The summed E-state index contributed by atoms with van der Waals surface area (Å²) >= 11 is 0. The summed E-state index contributed by atoms with van der Waals surface area (Å²) in [5.74, 6) is 0.177. The molecule has 0 spiro atoms. The normalized spacial score (nSPS) is 11.2. The fraction of sp³-hybridized carbons (Fsp3) is 0.308. The van der Waals surface area contributed by atoms with Gasteiger partial charge in [0.15, 0.2) is 5.82 Å². The van der Waals surface area contributed by atoms with E-state index in [9.17, 15) is 13.2 Å². The van der Waals surface area contributed by atoms with Crippen molar-refractivity contribution in [1.82, 2.24) is 15.0 Å². The number of benzene rings is 1. The van der Waals surface area contributed by atoms with Crippen LogP contribution in [-0.4, -0.2) is 21.5 Å². The van der Waals surface area contributed by atoms with Crippen LogP contribution < -0.4 is 5.32 Å². The highest BCUT2D eigenvalue weighted by Crippen LogP contribution is 2.33. The molecule has 0 saturated heterocycles. The van der Waals surface area contributed by atoms with E-state index in [0.717, 1.165) is 17.3 Å². The number of hydrogen-bond acceptors (Lipinski definition) is 4. The van der Waals surface area contributed by atoms with Gasteiger partial charge in [-0.25, -0.2) is 0 Å². The van der Waals surface area contributed by atoms with Gasteiger partial charge in [0.2, 0.25) is 5.69 Å². The van der Waals surface area contributed by atoms with E-state index >= 15 is 0 Å². The van der Waals surface area contributed by atoms with Gasteiger partial charge in [-0.2, -0.15) is 18.4 Å². The van der Waals surface area contributed by atoms with Gasteiger partial charge in [0.1, 0.15) is 6.07 Å². The number of nitrogens with zero attached hydrogens (tertiary/aromatic N) is 4. The van der Waals surface area contributed by atoms with Crippen LogP contribution in [0.4, 0.5) is 19.0 Å². The number of hydrogen-bond donors (Lipinski definition) is 1. The molecule has 1 aromatic carbocycles. The predicted octanol–water partition coefficient (Wildman–Crippen LogP) is 2.98. The molecule has 1 heterocycles. The highest BCUT2D eigenvalue weighted by atomic mass is 19.4. The number of nitriles is 1. The molecule has 0 fully saturated rings. The van der Waals surface area contributed by atoms with E-state index in [2.05, 4.69) is 15.5 Å². The summed E-state index contributed by atoms with van der Waals surface area (Å²) in [6.45, 7) is 2.47. The molecule has 21 heavy (non-hydrogen) atoms. The third-order valence-corrected chi connectivity index (χ3v) is 2.69. The second-order valence-corrected chi connectivity index (χ2v) is 4.24. The van der Waals surface area contributed by atoms with Gasteiger partial charge in [0, 0.05) is 6.54 Å². The zero-order valence-electron chi connectivity index (χ0n) is 11.1. The van der Waals surface area contributed by atoms with Gasteiger partial charge in [0.25, 0.3) is 0 Å². The number of aromatic nitrogens is 3. The lowest BCUT2D eigenvalue weighted by Crippen LogP contribution is -2.12. The number of nitrogens with one attached hydrogen (secondary N) is 1. The third-order valence-electron chi connectivity index (χ3n) is 2.69. The molecule has 0 aliphatic heterocycles. The van der Waals surface area contributed by atoms with E-state index in [0.29, 0.717) is 6.54 Å². The standard InChI is InChI=1S/C13H12F3N5/c1-2-7-18-12-10(8-17)19-21(20-12)11-6-4-3-5-9(11)13(14,15)16/h3-6H,2,7H2,1H3,(H,18,20). The first-order valence-electron chi connectivity index (χ1n) is 6.25. The highest BCUT2D eigenvalue weighted by Gasteiger charge is 2.34. The van der Waals surface area contributed by atoms with Crippen LogP contribution in [0.5, 0.6) is 0 Å². The van der Waals surface area contributed by atoms with Gasteiger partial charge in [-0.1, -0.05) is 19.1 Å². The van der Waals surface area contributed by atoms with Crippen molar-refractivity contribution in [3.05, 3.63) is 35.5 Å². The lowest BCUT2D eigenvalue weighted by atomic mass is 10.2. The predicted molar refractivity (Wildman–Crippen MR) is 69.9 cm³/mol. The van der Waals surface area contributed by atoms with Crippen molar-refractivity contribution in [3.63, 3.8) is 0 Å². The van der Waals surface area contributed by atoms with Gasteiger partial charge in [0.05, 0.1) is 11.3 Å². The molecular weight excluding hydrogens is 283 g/mol. The van der Waals surface area contributed by atoms with Gasteiger partial charge in [-0.3, -0.25) is 0 Å². The van der Waals surface area contributed by atoms with Crippen molar-refractivity contribution in [1.29, 1.82) is 5.26 Å². The Labute approximate surface area is 119 Å². The maximum Gasteiger partial charge on any atom is 0.418 e. The Morgan fingerprint density at radius 2 is 2.00 bits per heavy atom. The maximum absolute atomic E-state index is 13.0.